The Balaban J connectivity index is 1.34. The van der Waals surface area contributed by atoms with Gasteiger partial charge < -0.3 is 19.0 Å². The lowest BCUT2D eigenvalue weighted by Gasteiger charge is -2.07. The van der Waals surface area contributed by atoms with Gasteiger partial charge in [-0.1, -0.05) is 17.3 Å². The molecule has 3 heterocycles. The summed E-state index contributed by atoms with van der Waals surface area (Å²) < 4.78 is 9.35. The molecule has 8 heteroatoms. The van der Waals surface area contributed by atoms with Gasteiger partial charge in [0, 0.05) is 25.7 Å². The summed E-state index contributed by atoms with van der Waals surface area (Å²) in [6.45, 7) is 5.60. The molecule has 4 aromatic rings. The Labute approximate surface area is 162 Å². The van der Waals surface area contributed by atoms with Crippen molar-refractivity contribution in [1.82, 2.24) is 29.6 Å². The molecule has 0 aliphatic rings. The van der Waals surface area contributed by atoms with E-state index in [1.54, 1.807) is 0 Å². The Morgan fingerprint density at radius 1 is 1.18 bits per heavy atom. The number of nitrogens with zero attached hydrogens (tertiary/aromatic N) is 5. The van der Waals surface area contributed by atoms with E-state index in [-0.39, 0.29) is 12.5 Å². The maximum absolute atomic E-state index is 12.3. The van der Waals surface area contributed by atoms with E-state index in [0.29, 0.717) is 24.7 Å². The molecule has 0 aliphatic heterocycles. The van der Waals surface area contributed by atoms with Crippen molar-refractivity contribution < 1.29 is 9.32 Å². The van der Waals surface area contributed by atoms with Crippen LogP contribution in [0.25, 0.3) is 22.6 Å². The average Bonchev–Trinajstić information content (AvgIpc) is 3.42. The van der Waals surface area contributed by atoms with Crippen molar-refractivity contribution in [2.75, 3.05) is 0 Å². The lowest BCUT2D eigenvalue weighted by atomic mass is 10.3. The van der Waals surface area contributed by atoms with Crippen LogP contribution in [0.5, 0.6) is 0 Å². The second kappa shape index (κ2) is 7.67. The number of benzene rings is 1. The van der Waals surface area contributed by atoms with E-state index in [0.717, 1.165) is 29.1 Å². The van der Waals surface area contributed by atoms with Gasteiger partial charge in [0.1, 0.15) is 5.82 Å². The molecule has 28 heavy (non-hydrogen) atoms. The molecular weight excluding hydrogens is 356 g/mol. The topological polar surface area (TPSA) is 90.8 Å². The van der Waals surface area contributed by atoms with Crippen LogP contribution in [0.15, 0.2) is 47.1 Å². The Bertz CT molecular complexity index is 1110. The predicted molar refractivity (Wildman–Crippen MR) is 104 cm³/mol. The number of rotatable bonds is 7. The first-order chi connectivity index (χ1) is 13.7. The highest BCUT2D eigenvalue weighted by atomic mass is 16.5. The third-order valence-corrected chi connectivity index (χ3v) is 4.71. The number of fused-ring (bicyclic) bond motifs is 1. The molecule has 0 fully saturated rings. The maximum Gasteiger partial charge on any atom is 0.246 e. The van der Waals surface area contributed by atoms with Gasteiger partial charge in [-0.3, -0.25) is 4.79 Å². The smallest absolute Gasteiger partial charge is 0.246 e. The number of carbonyl (C=O) groups is 1. The summed E-state index contributed by atoms with van der Waals surface area (Å²) in [5, 5.41) is 6.85. The number of amides is 1. The molecule has 1 amide bonds. The molecule has 0 saturated carbocycles. The van der Waals surface area contributed by atoms with Crippen LogP contribution in [0.2, 0.25) is 0 Å². The van der Waals surface area contributed by atoms with Crippen molar-refractivity contribution in [3.63, 3.8) is 0 Å². The second-order valence-corrected chi connectivity index (χ2v) is 6.52. The van der Waals surface area contributed by atoms with Crippen LogP contribution in [0.3, 0.4) is 0 Å². The fraction of sp³-hybridized carbons (Fsp3) is 0.300. The Morgan fingerprint density at radius 3 is 2.89 bits per heavy atom. The monoisotopic (exact) mass is 378 g/mol. The summed E-state index contributed by atoms with van der Waals surface area (Å²) in [5.41, 5.74) is 2.87. The summed E-state index contributed by atoms with van der Waals surface area (Å²) in [6.07, 6.45) is 2.32. The van der Waals surface area contributed by atoms with Crippen molar-refractivity contribution in [2.24, 2.45) is 0 Å². The summed E-state index contributed by atoms with van der Waals surface area (Å²) >= 11 is 0. The van der Waals surface area contributed by atoms with Gasteiger partial charge in [-0.2, -0.15) is 4.98 Å². The molecule has 1 N–H and O–H groups in total. The quantitative estimate of drug-likeness (QED) is 0.534. The molecule has 144 valence electrons. The minimum absolute atomic E-state index is 0.0751. The van der Waals surface area contributed by atoms with Crippen LogP contribution < -0.4 is 5.32 Å². The van der Waals surface area contributed by atoms with E-state index in [1.165, 1.54) is 0 Å². The summed E-state index contributed by atoms with van der Waals surface area (Å²) in [5.74, 6) is 1.73. The van der Waals surface area contributed by atoms with E-state index in [1.807, 2.05) is 54.1 Å². The number of para-hydroxylation sites is 2. The van der Waals surface area contributed by atoms with E-state index >= 15 is 0 Å². The molecule has 0 spiro atoms. The van der Waals surface area contributed by atoms with Gasteiger partial charge in [0.25, 0.3) is 0 Å². The number of imidazole rings is 1. The van der Waals surface area contributed by atoms with Crippen molar-refractivity contribution in [3.8, 4) is 11.5 Å². The van der Waals surface area contributed by atoms with Crippen molar-refractivity contribution in [2.45, 2.75) is 39.9 Å². The number of aryl methyl sites for hydroxylation is 3. The largest absolute Gasteiger partial charge is 0.347 e. The first-order valence-corrected chi connectivity index (χ1v) is 9.32. The standard InChI is InChI=1S/C20H22N6O2/c1-3-25-11-6-9-17(25)20-23-19(28-24-20)13-21-18(27)10-12-26-14(2)22-15-7-4-5-8-16(15)26/h4-9,11H,3,10,12-13H2,1-2H3,(H,21,27). The van der Waals surface area contributed by atoms with Crippen LogP contribution in [0.1, 0.15) is 25.1 Å². The summed E-state index contributed by atoms with van der Waals surface area (Å²) in [4.78, 5) is 21.1. The number of nitrogens with one attached hydrogen (secondary N) is 1. The molecule has 1 aromatic carbocycles. The van der Waals surface area contributed by atoms with Crippen molar-refractivity contribution in [3.05, 3.63) is 54.3 Å². The van der Waals surface area contributed by atoms with Crippen LogP contribution in [-0.4, -0.2) is 30.2 Å². The highest BCUT2D eigenvalue weighted by molar-refractivity contribution is 5.77. The zero-order chi connectivity index (χ0) is 19.5. The average molecular weight is 378 g/mol. The summed E-state index contributed by atoms with van der Waals surface area (Å²) in [7, 11) is 0. The minimum atomic E-state index is -0.0751. The molecule has 0 unspecified atom stereocenters. The Morgan fingerprint density at radius 2 is 2.04 bits per heavy atom. The predicted octanol–water partition coefficient (Wildman–Crippen LogP) is 2.92. The lowest BCUT2D eigenvalue weighted by molar-refractivity contribution is -0.121. The Hall–Kier alpha value is -3.42. The number of hydrogen-bond acceptors (Lipinski definition) is 5. The molecule has 4 rings (SSSR count). The molecule has 0 radical (unpaired) electrons. The first kappa shape index (κ1) is 18.0. The van der Waals surface area contributed by atoms with E-state index < -0.39 is 0 Å². The van der Waals surface area contributed by atoms with Gasteiger partial charge in [0.15, 0.2) is 0 Å². The van der Waals surface area contributed by atoms with Gasteiger partial charge in [-0.15, -0.1) is 0 Å². The first-order valence-electron chi connectivity index (χ1n) is 9.32. The molecule has 0 bridgehead atoms. The zero-order valence-electron chi connectivity index (χ0n) is 15.9. The number of carbonyl (C=O) groups excluding carboxylic acids is 1. The van der Waals surface area contributed by atoms with Gasteiger partial charge in [0.05, 0.1) is 23.3 Å². The minimum Gasteiger partial charge on any atom is -0.347 e. The van der Waals surface area contributed by atoms with E-state index in [9.17, 15) is 4.79 Å². The van der Waals surface area contributed by atoms with Crippen LogP contribution >= 0.6 is 0 Å². The van der Waals surface area contributed by atoms with Crippen LogP contribution in [0.4, 0.5) is 0 Å². The van der Waals surface area contributed by atoms with Crippen LogP contribution in [-0.2, 0) is 24.4 Å². The van der Waals surface area contributed by atoms with Gasteiger partial charge in [0.2, 0.25) is 17.6 Å². The van der Waals surface area contributed by atoms with Crippen molar-refractivity contribution >= 4 is 16.9 Å². The second-order valence-electron chi connectivity index (χ2n) is 6.52. The molecule has 0 aliphatic carbocycles. The SMILES string of the molecule is CCn1cccc1-c1noc(CNC(=O)CCn2c(C)nc3ccccc32)n1. The van der Waals surface area contributed by atoms with E-state index in [4.69, 9.17) is 4.52 Å². The molecular formula is C20H22N6O2. The maximum atomic E-state index is 12.3. The molecule has 0 saturated heterocycles. The molecule has 3 aromatic heterocycles. The fourth-order valence-corrected chi connectivity index (χ4v) is 3.28. The zero-order valence-corrected chi connectivity index (χ0v) is 15.9. The summed E-state index contributed by atoms with van der Waals surface area (Å²) in [6, 6.07) is 11.8. The third kappa shape index (κ3) is 3.53. The lowest BCUT2D eigenvalue weighted by Crippen LogP contribution is -2.24. The highest BCUT2D eigenvalue weighted by Crippen LogP contribution is 2.17. The third-order valence-electron chi connectivity index (χ3n) is 4.71. The van der Waals surface area contributed by atoms with Gasteiger partial charge in [-0.25, -0.2) is 4.98 Å². The van der Waals surface area contributed by atoms with Crippen LogP contribution in [0, 0.1) is 6.92 Å². The molecule has 8 nitrogen and oxygen atoms in total. The molecule has 0 atom stereocenters. The normalized spacial score (nSPS) is 11.2. The fourth-order valence-electron chi connectivity index (χ4n) is 3.28. The van der Waals surface area contributed by atoms with Crippen molar-refractivity contribution in [1.29, 1.82) is 0 Å². The number of hydrogen-bond donors (Lipinski definition) is 1. The number of aromatic nitrogens is 5. The van der Waals surface area contributed by atoms with Gasteiger partial charge >= 0.3 is 0 Å². The highest BCUT2D eigenvalue weighted by Gasteiger charge is 2.13. The van der Waals surface area contributed by atoms with E-state index in [2.05, 4.69) is 31.9 Å². The van der Waals surface area contributed by atoms with Gasteiger partial charge in [-0.05, 0) is 38.1 Å². The Kier molecular flexibility index (Phi) is 4.92.